The van der Waals surface area contributed by atoms with E-state index in [1.54, 1.807) is 19.1 Å². The number of rotatable bonds is 2. The van der Waals surface area contributed by atoms with Crippen LogP contribution in [0.15, 0.2) is 28.8 Å². The number of nitrogens with zero attached hydrogens (tertiary/aromatic N) is 3. The Balaban J connectivity index is 1.87. The zero-order valence-electron chi connectivity index (χ0n) is 12.5. The van der Waals surface area contributed by atoms with Crippen LogP contribution in [0.1, 0.15) is 44.5 Å². The van der Waals surface area contributed by atoms with Crippen molar-refractivity contribution in [1.29, 1.82) is 0 Å². The standard InChI is InChI=1S/C16H18FN3O2/c1-11(21)20-10-4-2-3-5-14(20)15-18-16(22-19-15)12-6-8-13(17)9-7-12/h6-9,14H,2-5,10H2,1H3/t14-/m1/s1. The fraction of sp³-hybridized carbons (Fsp3) is 0.438. The highest BCUT2D eigenvalue weighted by Crippen LogP contribution is 2.30. The first-order valence-electron chi connectivity index (χ1n) is 7.52. The second-order valence-corrected chi connectivity index (χ2v) is 5.54. The van der Waals surface area contributed by atoms with Crippen molar-refractivity contribution in [3.8, 4) is 11.5 Å². The van der Waals surface area contributed by atoms with Gasteiger partial charge in [-0.15, -0.1) is 0 Å². The lowest BCUT2D eigenvalue weighted by Crippen LogP contribution is -2.33. The Morgan fingerprint density at radius 1 is 1.27 bits per heavy atom. The molecule has 0 saturated carbocycles. The van der Waals surface area contributed by atoms with Gasteiger partial charge in [0.2, 0.25) is 5.91 Å². The maximum atomic E-state index is 13.0. The third-order valence-corrected chi connectivity index (χ3v) is 3.99. The van der Waals surface area contributed by atoms with Gasteiger partial charge < -0.3 is 9.42 Å². The maximum absolute atomic E-state index is 13.0. The smallest absolute Gasteiger partial charge is 0.258 e. The topological polar surface area (TPSA) is 59.2 Å². The summed E-state index contributed by atoms with van der Waals surface area (Å²) >= 11 is 0. The van der Waals surface area contributed by atoms with E-state index in [2.05, 4.69) is 10.1 Å². The number of halogens is 1. The zero-order valence-corrected chi connectivity index (χ0v) is 12.5. The van der Waals surface area contributed by atoms with Crippen LogP contribution in [-0.2, 0) is 4.79 Å². The van der Waals surface area contributed by atoms with E-state index >= 15 is 0 Å². The lowest BCUT2D eigenvalue weighted by Gasteiger charge is -2.26. The number of carbonyl (C=O) groups excluding carboxylic acids is 1. The number of likely N-dealkylation sites (tertiary alicyclic amines) is 1. The van der Waals surface area contributed by atoms with Gasteiger partial charge in [-0.05, 0) is 37.1 Å². The predicted octanol–water partition coefficient (Wildman–Crippen LogP) is 3.34. The van der Waals surface area contributed by atoms with Gasteiger partial charge in [-0.2, -0.15) is 4.98 Å². The molecule has 1 saturated heterocycles. The Labute approximate surface area is 128 Å². The van der Waals surface area contributed by atoms with Crippen molar-refractivity contribution >= 4 is 5.91 Å². The maximum Gasteiger partial charge on any atom is 0.258 e. The van der Waals surface area contributed by atoms with Gasteiger partial charge in [0.15, 0.2) is 5.82 Å². The molecule has 116 valence electrons. The van der Waals surface area contributed by atoms with E-state index in [4.69, 9.17) is 4.52 Å². The van der Waals surface area contributed by atoms with Crippen LogP contribution < -0.4 is 0 Å². The highest BCUT2D eigenvalue weighted by Gasteiger charge is 2.28. The van der Waals surface area contributed by atoms with E-state index in [9.17, 15) is 9.18 Å². The van der Waals surface area contributed by atoms with Crippen molar-refractivity contribution in [2.75, 3.05) is 6.54 Å². The van der Waals surface area contributed by atoms with Crippen molar-refractivity contribution in [2.45, 2.75) is 38.6 Å². The number of carbonyl (C=O) groups is 1. The summed E-state index contributed by atoms with van der Waals surface area (Å²) in [6.45, 7) is 2.29. The highest BCUT2D eigenvalue weighted by atomic mass is 19.1. The second-order valence-electron chi connectivity index (χ2n) is 5.54. The van der Waals surface area contributed by atoms with Crippen LogP contribution in [0.2, 0.25) is 0 Å². The summed E-state index contributed by atoms with van der Waals surface area (Å²) in [6, 6.07) is 5.77. The van der Waals surface area contributed by atoms with E-state index < -0.39 is 0 Å². The van der Waals surface area contributed by atoms with Crippen molar-refractivity contribution in [2.24, 2.45) is 0 Å². The molecule has 6 heteroatoms. The quantitative estimate of drug-likeness (QED) is 0.853. The molecule has 1 aliphatic rings. The molecule has 0 N–H and O–H groups in total. The number of hydrogen-bond acceptors (Lipinski definition) is 4. The molecule has 0 aliphatic carbocycles. The van der Waals surface area contributed by atoms with E-state index in [0.717, 1.165) is 32.2 Å². The highest BCUT2D eigenvalue weighted by molar-refractivity contribution is 5.73. The van der Waals surface area contributed by atoms with Gasteiger partial charge in [0, 0.05) is 19.0 Å². The van der Waals surface area contributed by atoms with Gasteiger partial charge in [-0.3, -0.25) is 4.79 Å². The van der Waals surface area contributed by atoms with Gasteiger partial charge in [0.25, 0.3) is 5.89 Å². The van der Waals surface area contributed by atoms with Gasteiger partial charge in [0.05, 0.1) is 6.04 Å². The van der Waals surface area contributed by atoms with E-state index in [1.807, 2.05) is 4.90 Å². The number of benzene rings is 1. The second kappa shape index (κ2) is 6.25. The largest absolute Gasteiger partial charge is 0.334 e. The summed E-state index contributed by atoms with van der Waals surface area (Å²) in [6.07, 6.45) is 3.97. The minimum atomic E-state index is -0.310. The molecule has 5 nitrogen and oxygen atoms in total. The molecule has 2 aromatic rings. The Morgan fingerprint density at radius 2 is 2.05 bits per heavy atom. The molecule has 0 bridgehead atoms. The average Bonchev–Trinajstić information content (AvgIpc) is 2.85. The molecule has 1 aromatic carbocycles. The number of amides is 1. The minimum absolute atomic E-state index is 0.0278. The molecule has 1 aromatic heterocycles. The molecule has 22 heavy (non-hydrogen) atoms. The van der Waals surface area contributed by atoms with Gasteiger partial charge >= 0.3 is 0 Å². The zero-order chi connectivity index (χ0) is 15.5. The average molecular weight is 303 g/mol. The van der Waals surface area contributed by atoms with Crippen LogP contribution in [0.4, 0.5) is 4.39 Å². The summed E-state index contributed by atoms with van der Waals surface area (Å²) in [5, 5.41) is 4.04. The van der Waals surface area contributed by atoms with Gasteiger partial charge in [0.1, 0.15) is 5.82 Å². The van der Waals surface area contributed by atoms with Crippen LogP contribution in [0.5, 0.6) is 0 Å². The Bertz CT molecular complexity index is 654. The molecule has 0 radical (unpaired) electrons. The molecule has 0 spiro atoms. The van der Waals surface area contributed by atoms with Crippen LogP contribution in [0.3, 0.4) is 0 Å². The number of aromatic nitrogens is 2. The van der Waals surface area contributed by atoms with E-state index in [1.165, 1.54) is 12.1 Å². The summed E-state index contributed by atoms with van der Waals surface area (Å²) in [5.74, 6) is 0.592. The molecule has 2 heterocycles. The van der Waals surface area contributed by atoms with Gasteiger partial charge in [-0.1, -0.05) is 18.0 Å². The number of hydrogen-bond donors (Lipinski definition) is 0. The summed E-state index contributed by atoms with van der Waals surface area (Å²) in [5.41, 5.74) is 0.670. The molecular weight excluding hydrogens is 285 g/mol. The van der Waals surface area contributed by atoms with Crippen LogP contribution >= 0.6 is 0 Å². The van der Waals surface area contributed by atoms with Crippen LogP contribution in [0, 0.1) is 5.82 Å². The van der Waals surface area contributed by atoms with Crippen LogP contribution in [0.25, 0.3) is 11.5 Å². The van der Waals surface area contributed by atoms with Crippen molar-refractivity contribution in [3.05, 3.63) is 35.9 Å². The van der Waals surface area contributed by atoms with Crippen molar-refractivity contribution in [3.63, 3.8) is 0 Å². The third-order valence-electron chi connectivity index (χ3n) is 3.99. The fourth-order valence-corrected chi connectivity index (χ4v) is 2.83. The lowest BCUT2D eigenvalue weighted by molar-refractivity contribution is -0.131. The third kappa shape index (κ3) is 3.00. The van der Waals surface area contributed by atoms with Gasteiger partial charge in [-0.25, -0.2) is 4.39 Å². The van der Waals surface area contributed by atoms with Crippen molar-refractivity contribution < 1.29 is 13.7 Å². The molecule has 1 aliphatic heterocycles. The van der Waals surface area contributed by atoms with Crippen molar-refractivity contribution in [1.82, 2.24) is 15.0 Å². The van der Waals surface area contributed by atoms with Crippen LogP contribution in [-0.4, -0.2) is 27.5 Å². The predicted molar refractivity (Wildman–Crippen MR) is 78.3 cm³/mol. The molecule has 1 fully saturated rings. The first kappa shape index (κ1) is 14.7. The lowest BCUT2D eigenvalue weighted by atomic mass is 10.1. The molecule has 1 atom stereocenters. The minimum Gasteiger partial charge on any atom is -0.334 e. The SMILES string of the molecule is CC(=O)N1CCCCC[C@@H]1c1noc(-c2ccc(F)cc2)n1. The Hall–Kier alpha value is -2.24. The van der Waals surface area contributed by atoms with E-state index in [-0.39, 0.29) is 17.8 Å². The summed E-state index contributed by atoms with van der Waals surface area (Å²) < 4.78 is 18.3. The fourth-order valence-electron chi connectivity index (χ4n) is 2.83. The Morgan fingerprint density at radius 3 is 2.77 bits per heavy atom. The first-order chi connectivity index (χ1) is 10.6. The molecule has 3 rings (SSSR count). The summed E-state index contributed by atoms with van der Waals surface area (Å²) in [4.78, 5) is 18.1. The molecule has 0 unspecified atom stereocenters. The monoisotopic (exact) mass is 303 g/mol. The molecule has 1 amide bonds. The Kier molecular flexibility index (Phi) is 4.18. The summed E-state index contributed by atoms with van der Waals surface area (Å²) in [7, 11) is 0. The molecular formula is C16H18FN3O2. The van der Waals surface area contributed by atoms with E-state index in [0.29, 0.717) is 17.3 Å². The first-order valence-corrected chi connectivity index (χ1v) is 7.52. The normalized spacial score (nSPS) is 19.0.